The molecule has 0 aliphatic rings. The highest BCUT2D eigenvalue weighted by Crippen LogP contribution is 2.23. The summed E-state index contributed by atoms with van der Waals surface area (Å²) < 4.78 is 25.7. The van der Waals surface area contributed by atoms with Crippen molar-refractivity contribution in [1.29, 1.82) is 0 Å². The number of sulfonamides is 1. The topological polar surface area (TPSA) is 110 Å². The van der Waals surface area contributed by atoms with Crippen molar-refractivity contribution in [3.8, 4) is 0 Å². The first-order valence-electron chi connectivity index (χ1n) is 9.09. The van der Waals surface area contributed by atoms with Crippen molar-refractivity contribution < 1.29 is 18.1 Å². The number of hydrogen-bond donors (Lipinski definition) is 1. The van der Waals surface area contributed by atoms with Gasteiger partial charge in [-0.25, -0.2) is 8.42 Å². The second-order valence-corrected chi connectivity index (χ2v) is 8.92. The minimum atomic E-state index is -3.50. The predicted octanol–water partition coefficient (Wildman–Crippen LogP) is 3.70. The number of benzene rings is 2. The van der Waals surface area contributed by atoms with Crippen LogP contribution in [0.2, 0.25) is 0 Å². The molecule has 0 aromatic heterocycles. The van der Waals surface area contributed by atoms with E-state index >= 15 is 0 Å². The Morgan fingerprint density at radius 1 is 1.07 bits per heavy atom. The highest BCUT2D eigenvalue weighted by atomic mass is 32.2. The van der Waals surface area contributed by atoms with E-state index in [0.717, 1.165) is 17.4 Å². The first kappa shape index (κ1) is 22.4. The van der Waals surface area contributed by atoms with E-state index in [1.807, 2.05) is 26.0 Å². The number of nitrogens with one attached hydrogen (secondary N) is 1. The zero-order valence-corrected chi connectivity index (χ0v) is 17.7. The molecule has 9 heteroatoms. The van der Waals surface area contributed by atoms with Crippen molar-refractivity contribution in [1.82, 2.24) is 0 Å². The fraction of sp³-hybridized carbons (Fsp3) is 0.350. The van der Waals surface area contributed by atoms with Crippen LogP contribution in [0, 0.1) is 30.9 Å². The van der Waals surface area contributed by atoms with Gasteiger partial charge in [-0.05, 0) is 56.0 Å². The molecule has 0 saturated carbocycles. The molecular formula is C20H25N3O5S. The van der Waals surface area contributed by atoms with Gasteiger partial charge in [0.25, 0.3) is 5.69 Å². The molecule has 0 unspecified atom stereocenters. The number of carbonyl (C=O) groups is 1. The summed E-state index contributed by atoms with van der Waals surface area (Å²) in [6.07, 6.45) is 1.52. The van der Waals surface area contributed by atoms with E-state index in [2.05, 4.69) is 5.32 Å². The van der Waals surface area contributed by atoms with Crippen LogP contribution in [0.3, 0.4) is 0 Å². The van der Waals surface area contributed by atoms with Crippen molar-refractivity contribution in [2.45, 2.75) is 33.6 Å². The van der Waals surface area contributed by atoms with Crippen LogP contribution in [0.15, 0.2) is 36.4 Å². The average Bonchev–Trinajstić information content (AvgIpc) is 2.62. The van der Waals surface area contributed by atoms with Gasteiger partial charge in [0.2, 0.25) is 15.9 Å². The largest absolute Gasteiger partial charge is 0.326 e. The summed E-state index contributed by atoms with van der Waals surface area (Å²) in [5.74, 6) is -0.331. The normalized spacial score (nSPS) is 11.2. The van der Waals surface area contributed by atoms with Gasteiger partial charge in [0, 0.05) is 25.1 Å². The van der Waals surface area contributed by atoms with E-state index < -0.39 is 14.9 Å². The van der Waals surface area contributed by atoms with Gasteiger partial charge in [0.05, 0.1) is 22.6 Å². The summed E-state index contributed by atoms with van der Waals surface area (Å²) in [4.78, 5) is 22.6. The van der Waals surface area contributed by atoms with Crippen LogP contribution >= 0.6 is 0 Å². The Balaban J connectivity index is 2.04. The molecule has 29 heavy (non-hydrogen) atoms. The number of anilines is 2. The van der Waals surface area contributed by atoms with E-state index in [1.165, 1.54) is 16.4 Å². The Kier molecular flexibility index (Phi) is 6.97. The maximum Gasteiger partial charge on any atom is 0.271 e. The van der Waals surface area contributed by atoms with Gasteiger partial charge in [-0.1, -0.05) is 12.1 Å². The van der Waals surface area contributed by atoms with Gasteiger partial charge >= 0.3 is 0 Å². The van der Waals surface area contributed by atoms with Crippen molar-refractivity contribution >= 4 is 33.0 Å². The van der Waals surface area contributed by atoms with Crippen LogP contribution in [-0.2, 0) is 14.8 Å². The molecule has 0 spiro atoms. The van der Waals surface area contributed by atoms with Crippen molar-refractivity contribution in [2.24, 2.45) is 0 Å². The number of aryl methyl sites for hydroxylation is 3. The minimum absolute atomic E-state index is 0.0823. The Hall–Kier alpha value is -2.94. The zero-order chi connectivity index (χ0) is 21.8. The minimum Gasteiger partial charge on any atom is -0.326 e. The molecule has 2 rings (SSSR count). The first-order chi connectivity index (χ1) is 13.5. The van der Waals surface area contributed by atoms with E-state index in [-0.39, 0.29) is 24.6 Å². The lowest BCUT2D eigenvalue weighted by Crippen LogP contribution is -2.31. The highest BCUT2D eigenvalue weighted by molar-refractivity contribution is 7.92. The van der Waals surface area contributed by atoms with Crippen LogP contribution < -0.4 is 9.62 Å². The van der Waals surface area contributed by atoms with E-state index in [0.29, 0.717) is 23.4 Å². The number of nitro benzene ring substituents is 1. The highest BCUT2D eigenvalue weighted by Gasteiger charge is 2.18. The number of nitro groups is 1. The van der Waals surface area contributed by atoms with Gasteiger partial charge in [-0.2, -0.15) is 0 Å². The Bertz CT molecular complexity index is 1030. The molecule has 8 nitrogen and oxygen atoms in total. The van der Waals surface area contributed by atoms with Gasteiger partial charge < -0.3 is 5.32 Å². The molecule has 0 radical (unpaired) electrons. The molecule has 1 amide bonds. The van der Waals surface area contributed by atoms with E-state index in [9.17, 15) is 23.3 Å². The maximum atomic E-state index is 12.3. The van der Waals surface area contributed by atoms with Crippen molar-refractivity contribution in [2.75, 3.05) is 22.4 Å². The molecule has 0 aliphatic heterocycles. The predicted molar refractivity (Wildman–Crippen MR) is 114 cm³/mol. The number of rotatable bonds is 8. The lowest BCUT2D eigenvalue weighted by Gasteiger charge is -2.23. The lowest BCUT2D eigenvalue weighted by atomic mass is 10.1. The molecule has 1 N–H and O–H groups in total. The fourth-order valence-electron chi connectivity index (χ4n) is 2.82. The molecule has 0 heterocycles. The molecule has 0 saturated heterocycles. The molecule has 2 aromatic carbocycles. The summed E-state index contributed by atoms with van der Waals surface area (Å²) in [6.45, 7) is 5.76. The number of hydrogen-bond acceptors (Lipinski definition) is 5. The summed E-state index contributed by atoms with van der Waals surface area (Å²) in [6, 6.07) is 9.67. The average molecular weight is 420 g/mol. The smallest absolute Gasteiger partial charge is 0.271 e. The molecule has 0 fully saturated rings. The lowest BCUT2D eigenvalue weighted by molar-refractivity contribution is -0.384. The summed E-state index contributed by atoms with van der Waals surface area (Å²) >= 11 is 0. The molecule has 0 aliphatic carbocycles. The van der Waals surface area contributed by atoms with Crippen LogP contribution in [0.25, 0.3) is 0 Å². The van der Waals surface area contributed by atoms with Crippen LogP contribution in [0.4, 0.5) is 17.1 Å². The molecule has 156 valence electrons. The molecule has 0 atom stereocenters. The molecular weight excluding hydrogens is 394 g/mol. The third-order valence-corrected chi connectivity index (χ3v) is 5.84. The van der Waals surface area contributed by atoms with E-state index in [1.54, 1.807) is 19.1 Å². The monoisotopic (exact) mass is 419 g/mol. The Labute approximate surface area is 170 Å². The number of nitrogens with zero attached hydrogens (tertiary/aromatic N) is 2. The van der Waals surface area contributed by atoms with Gasteiger partial charge in [0.15, 0.2) is 0 Å². The summed E-state index contributed by atoms with van der Waals surface area (Å²) in [7, 11) is -3.50. The van der Waals surface area contributed by atoms with Gasteiger partial charge in [-0.15, -0.1) is 0 Å². The number of carbonyl (C=O) groups excluding carboxylic acids is 1. The van der Waals surface area contributed by atoms with Gasteiger partial charge in [-0.3, -0.25) is 19.2 Å². The number of amides is 1. The SMILES string of the molecule is Cc1ccc(N(CCCC(=O)Nc2cc([N+](=O)[O-])ccc2C)S(C)(=O)=O)cc1C. The Morgan fingerprint density at radius 2 is 1.72 bits per heavy atom. The second kappa shape index (κ2) is 9.04. The second-order valence-electron chi connectivity index (χ2n) is 7.01. The number of non-ortho nitro benzene ring substituents is 1. The van der Waals surface area contributed by atoms with Crippen LogP contribution in [0.5, 0.6) is 0 Å². The Morgan fingerprint density at radius 3 is 2.31 bits per heavy atom. The standard InChI is InChI=1S/C20H25N3O5S/c1-14-7-9-17(12-16(14)3)22(29(4,27)28)11-5-6-20(24)21-19-13-18(23(25)26)10-8-15(19)2/h7-10,12-13H,5-6,11H2,1-4H3,(H,21,24). The van der Waals surface area contributed by atoms with Crippen LogP contribution in [0.1, 0.15) is 29.5 Å². The third kappa shape index (κ3) is 6.02. The molecule has 0 bridgehead atoms. The van der Waals surface area contributed by atoms with Crippen LogP contribution in [-0.4, -0.2) is 32.0 Å². The first-order valence-corrected chi connectivity index (χ1v) is 10.9. The summed E-state index contributed by atoms with van der Waals surface area (Å²) in [5, 5.41) is 13.6. The molecule has 2 aromatic rings. The third-order valence-electron chi connectivity index (χ3n) is 4.65. The summed E-state index contributed by atoms with van der Waals surface area (Å²) in [5.41, 5.74) is 3.58. The zero-order valence-electron chi connectivity index (χ0n) is 16.9. The van der Waals surface area contributed by atoms with Crippen molar-refractivity contribution in [3.63, 3.8) is 0 Å². The maximum absolute atomic E-state index is 12.3. The van der Waals surface area contributed by atoms with Gasteiger partial charge in [0.1, 0.15) is 0 Å². The van der Waals surface area contributed by atoms with Crippen molar-refractivity contribution in [3.05, 3.63) is 63.2 Å². The quantitative estimate of drug-likeness (QED) is 0.518. The fourth-order valence-corrected chi connectivity index (χ4v) is 3.78. The van der Waals surface area contributed by atoms with E-state index in [4.69, 9.17) is 0 Å².